The highest BCUT2D eigenvalue weighted by molar-refractivity contribution is 5.91. The summed E-state index contributed by atoms with van der Waals surface area (Å²) in [6.07, 6.45) is -12.5. The van der Waals surface area contributed by atoms with E-state index in [9.17, 15) is 24.7 Å². The van der Waals surface area contributed by atoms with Gasteiger partial charge in [0.25, 0.3) is 0 Å². The van der Waals surface area contributed by atoms with Crippen LogP contribution in [0.2, 0.25) is 0 Å². The normalized spacial score (nSPS) is 23.6. The molecule has 17 nitrogen and oxygen atoms in total. The largest absolute Gasteiger partial charge is 0.453 e. The van der Waals surface area contributed by atoms with Gasteiger partial charge in [-0.15, -0.1) is 0 Å². The molecule has 0 aromatic heterocycles. The van der Waals surface area contributed by atoms with Crippen LogP contribution in [0.3, 0.4) is 0 Å². The van der Waals surface area contributed by atoms with Crippen molar-refractivity contribution in [3.63, 3.8) is 0 Å². The summed E-state index contributed by atoms with van der Waals surface area (Å²) >= 11 is 0. The summed E-state index contributed by atoms with van der Waals surface area (Å²) in [5.74, 6) is -3.20. The minimum Gasteiger partial charge on any atom is -0.453 e. The topological polar surface area (TPSA) is 209 Å². The molecule has 0 unspecified atom stereocenters. The minimum absolute atomic E-state index is 0.0109. The third-order valence-electron chi connectivity index (χ3n) is 11.7. The second-order valence-corrected chi connectivity index (χ2v) is 16.6. The monoisotopic (exact) mass is 977 g/mol. The molecule has 370 valence electrons. The summed E-state index contributed by atoms with van der Waals surface area (Å²) in [4.78, 5) is 58.8. The maximum atomic E-state index is 14.1. The Balaban J connectivity index is 1.15. The van der Waals surface area contributed by atoms with E-state index in [2.05, 4.69) is 10.0 Å². The van der Waals surface area contributed by atoms with Crippen molar-refractivity contribution in [2.24, 2.45) is 5.11 Å². The Bertz CT molecular complexity index is 2720. The smallest absolute Gasteiger partial charge is 0.338 e. The Labute approximate surface area is 415 Å². The molecule has 0 bridgehead atoms. The number of ether oxygens (including phenoxy) is 10. The number of hydrogen-bond donors (Lipinski definition) is 0. The molecule has 0 spiro atoms. The van der Waals surface area contributed by atoms with Gasteiger partial charge in [0.1, 0.15) is 24.4 Å². The van der Waals surface area contributed by atoms with Gasteiger partial charge in [0.05, 0.1) is 48.7 Å². The summed E-state index contributed by atoms with van der Waals surface area (Å²) in [5.41, 5.74) is 12.4. The lowest BCUT2D eigenvalue weighted by molar-refractivity contribution is -0.315. The average molecular weight is 978 g/mol. The highest BCUT2D eigenvalue weighted by Gasteiger charge is 2.55. The number of benzene rings is 6. The maximum Gasteiger partial charge on any atom is 0.338 e. The summed E-state index contributed by atoms with van der Waals surface area (Å²) in [6.45, 7) is -0.540. The van der Waals surface area contributed by atoms with Crippen LogP contribution in [0.4, 0.5) is 0 Å². The SMILES string of the molecule is CO[C@H]1O[C@H](CO[C@@H]2O[C@H](COCc3ccccc3)[C@@H](OC(=O)c3ccccc3)[C@H](OCc3ccccc3)[C@H]2N=[N+]=[N-])[C@@H](OC(=O)c2ccccc2)[C@H](OC(=O)c2ccccc2)[C@H]1OC(=O)c1ccccc1. The van der Waals surface area contributed by atoms with E-state index < -0.39 is 91.8 Å². The van der Waals surface area contributed by atoms with E-state index in [1.807, 2.05) is 60.7 Å². The Morgan fingerprint density at radius 3 is 1.28 bits per heavy atom. The number of hydrogen-bond acceptors (Lipinski definition) is 15. The summed E-state index contributed by atoms with van der Waals surface area (Å²) in [5, 5.41) is 4.11. The molecule has 72 heavy (non-hydrogen) atoms. The van der Waals surface area contributed by atoms with Crippen molar-refractivity contribution in [3.8, 4) is 0 Å². The van der Waals surface area contributed by atoms with Crippen molar-refractivity contribution in [2.45, 2.75) is 74.6 Å². The van der Waals surface area contributed by atoms with Crippen molar-refractivity contribution in [1.29, 1.82) is 0 Å². The van der Waals surface area contributed by atoms with E-state index in [4.69, 9.17) is 47.4 Å². The fourth-order valence-corrected chi connectivity index (χ4v) is 8.17. The molecule has 17 heteroatoms. The van der Waals surface area contributed by atoms with Crippen LogP contribution in [0.25, 0.3) is 10.4 Å². The first-order valence-corrected chi connectivity index (χ1v) is 23.1. The van der Waals surface area contributed by atoms with Crippen molar-refractivity contribution >= 4 is 23.9 Å². The van der Waals surface area contributed by atoms with Gasteiger partial charge in [-0.3, -0.25) is 0 Å². The molecule has 2 aliphatic heterocycles. The lowest BCUT2D eigenvalue weighted by Gasteiger charge is -2.46. The lowest BCUT2D eigenvalue weighted by atomic mass is 9.96. The highest BCUT2D eigenvalue weighted by Crippen LogP contribution is 2.35. The van der Waals surface area contributed by atoms with E-state index in [0.717, 1.165) is 11.1 Å². The van der Waals surface area contributed by atoms with Crippen LogP contribution in [-0.2, 0) is 60.6 Å². The number of carbonyl (C=O) groups is 4. The van der Waals surface area contributed by atoms with E-state index >= 15 is 0 Å². The average Bonchev–Trinajstić information content (AvgIpc) is 3.43. The molecule has 2 heterocycles. The summed E-state index contributed by atoms with van der Waals surface area (Å²) in [6, 6.07) is 49.8. The Morgan fingerprint density at radius 1 is 0.458 bits per heavy atom. The van der Waals surface area contributed by atoms with Crippen LogP contribution in [0.1, 0.15) is 52.6 Å². The molecule has 0 amide bonds. The molecule has 0 N–H and O–H groups in total. The van der Waals surface area contributed by atoms with Gasteiger partial charge in [0.2, 0.25) is 0 Å². The first kappa shape index (κ1) is 50.7. The second-order valence-electron chi connectivity index (χ2n) is 16.6. The molecule has 2 fully saturated rings. The molecule has 6 aromatic carbocycles. The van der Waals surface area contributed by atoms with Gasteiger partial charge in [0.15, 0.2) is 37.0 Å². The van der Waals surface area contributed by atoms with Crippen molar-refractivity contribution in [2.75, 3.05) is 20.3 Å². The van der Waals surface area contributed by atoms with Gasteiger partial charge in [-0.1, -0.05) is 139 Å². The zero-order chi connectivity index (χ0) is 50.1. The van der Waals surface area contributed by atoms with Gasteiger partial charge in [0, 0.05) is 12.0 Å². The molecule has 0 saturated carbocycles. The van der Waals surface area contributed by atoms with Gasteiger partial charge >= 0.3 is 23.9 Å². The van der Waals surface area contributed by atoms with Crippen LogP contribution in [-0.4, -0.2) is 106 Å². The predicted octanol–water partition coefficient (Wildman–Crippen LogP) is 8.48. The number of nitrogens with zero attached hydrogens (tertiary/aromatic N) is 3. The zero-order valence-corrected chi connectivity index (χ0v) is 39.0. The molecule has 6 aromatic rings. The molecule has 0 aliphatic carbocycles. The molecular weight excluding hydrogens is 927 g/mol. The van der Waals surface area contributed by atoms with Gasteiger partial charge < -0.3 is 47.4 Å². The Hall–Kier alpha value is -7.73. The van der Waals surface area contributed by atoms with Gasteiger partial charge in [-0.25, -0.2) is 19.2 Å². The van der Waals surface area contributed by atoms with Gasteiger partial charge in [-0.05, 0) is 65.2 Å². The predicted molar refractivity (Wildman–Crippen MR) is 257 cm³/mol. The Kier molecular flexibility index (Phi) is 17.9. The number of rotatable bonds is 20. The zero-order valence-electron chi connectivity index (χ0n) is 39.0. The summed E-state index contributed by atoms with van der Waals surface area (Å²) < 4.78 is 62.8. The number of azide groups is 1. The van der Waals surface area contributed by atoms with E-state index in [-0.39, 0.29) is 42.1 Å². The third kappa shape index (κ3) is 13.2. The van der Waals surface area contributed by atoms with Crippen LogP contribution in [0.5, 0.6) is 0 Å². The van der Waals surface area contributed by atoms with E-state index in [1.54, 1.807) is 84.9 Å². The maximum absolute atomic E-state index is 14.1. The molecular formula is C55H51N3O14. The first-order chi connectivity index (χ1) is 35.3. The highest BCUT2D eigenvalue weighted by atomic mass is 16.7. The quantitative estimate of drug-likeness (QED) is 0.0231. The standard InChI is InChI=1S/C55H51N3O14/c1-63-55-49(72-53(62)41-30-18-7-19-31-41)48(71-52(61)40-28-16-6-17-29-40)46(70-51(60)39-26-14-5-15-27-39)43(68-55)35-66-54-44(57-58-56)47(65-33-37-22-10-3-11-23-37)45(69-50(59)38-24-12-4-13-25-38)42(67-54)34-64-32-36-20-8-2-9-21-36/h2-31,42-49,54-55H,32-35H2,1H3/t42-,43-,44-,45-,46-,47-,48+,49-,54-,55+/m1/s1. The van der Waals surface area contributed by atoms with E-state index in [0.29, 0.717) is 0 Å². The lowest BCUT2D eigenvalue weighted by Crippen LogP contribution is -2.64. The van der Waals surface area contributed by atoms with Crippen molar-refractivity contribution < 1.29 is 66.5 Å². The molecule has 0 radical (unpaired) electrons. The Morgan fingerprint density at radius 2 is 0.833 bits per heavy atom. The van der Waals surface area contributed by atoms with Gasteiger partial charge in [-0.2, -0.15) is 0 Å². The van der Waals surface area contributed by atoms with Crippen LogP contribution in [0.15, 0.2) is 187 Å². The molecule has 8 rings (SSSR count). The third-order valence-corrected chi connectivity index (χ3v) is 11.7. The van der Waals surface area contributed by atoms with Crippen LogP contribution >= 0.6 is 0 Å². The van der Waals surface area contributed by atoms with Crippen molar-refractivity contribution in [3.05, 3.63) is 226 Å². The summed E-state index contributed by atoms with van der Waals surface area (Å²) in [7, 11) is 1.30. The number of esters is 4. The number of methoxy groups -OCH3 is 1. The minimum atomic E-state index is -1.59. The molecule has 2 aliphatic rings. The second kappa shape index (κ2) is 25.4. The fourth-order valence-electron chi connectivity index (χ4n) is 8.17. The number of carbonyl (C=O) groups excluding carboxylic acids is 4. The fraction of sp³-hybridized carbons (Fsp3) is 0.273. The molecule has 10 atom stereocenters. The first-order valence-electron chi connectivity index (χ1n) is 23.1. The van der Waals surface area contributed by atoms with Crippen LogP contribution in [0, 0.1) is 0 Å². The molecule has 2 saturated heterocycles. The van der Waals surface area contributed by atoms with Crippen molar-refractivity contribution in [1.82, 2.24) is 0 Å². The van der Waals surface area contributed by atoms with Crippen LogP contribution < -0.4 is 0 Å². The van der Waals surface area contributed by atoms with E-state index in [1.165, 1.54) is 43.5 Å².